The monoisotopic (exact) mass is 333 g/mol. The second-order valence-corrected chi connectivity index (χ2v) is 5.70. The highest BCUT2D eigenvalue weighted by Gasteiger charge is 2.35. The first-order valence-corrected chi connectivity index (χ1v) is 7.36. The average Bonchev–Trinajstić information content (AvgIpc) is 2.96. The maximum Gasteiger partial charge on any atom is 0.416 e. The maximum absolute atomic E-state index is 12.9. The number of anilines is 1. The van der Waals surface area contributed by atoms with Crippen LogP contribution in [0, 0.1) is 11.3 Å². The Kier molecular flexibility index (Phi) is 4.16. The Labute approximate surface area is 136 Å². The second-order valence-electron chi connectivity index (χ2n) is 5.70. The van der Waals surface area contributed by atoms with E-state index in [-0.39, 0.29) is 6.54 Å². The van der Waals surface area contributed by atoms with Crippen molar-refractivity contribution in [2.45, 2.75) is 24.7 Å². The van der Waals surface area contributed by atoms with E-state index in [2.05, 4.69) is 4.98 Å². The molecule has 3 rings (SSSR count). The molecule has 24 heavy (non-hydrogen) atoms. The topological polar surface area (TPSA) is 60.2 Å². The summed E-state index contributed by atoms with van der Waals surface area (Å²) < 4.78 is 38.8. The lowest BCUT2D eigenvalue weighted by molar-refractivity contribution is -0.137. The number of aromatic nitrogens is 1. The van der Waals surface area contributed by atoms with E-state index in [0.29, 0.717) is 23.4 Å². The molecule has 0 aliphatic carbocycles. The summed E-state index contributed by atoms with van der Waals surface area (Å²) in [4.78, 5) is 5.93. The molecule has 0 radical (unpaired) electrons. The SMILES string of the molecule is N#Cc1ccnc(N2C[C@@H](O)C[C@H]2c2cccc(C(F)(F)F)c2)c1. The van der Waals surface area contributed by atoms with Crippen molar-refractivity contribution in [3.63, 3.8) is 0 Å². The normalized spacial score (nSPS) is 20.9. The number of rotatable bonds is 2. The Hall–Kier alpha value is -2.59. The van der Waals surface area contributed by atoms with Gasteiger partial charge in [0.2, 0.25) is 0 Å². The van der Waals surface area contributed by atoms with Crippen LogP contribution in [0.25, 0.3) is 0 Å². The van der Waals surface area contributed by atoms with Crippen LogP contribution in [0.3, 0.4) is 0 Å². The van der Waals surface area contributed by atoms with Crippen molar-refractivity contribution in [2.24, 2.45) is 0 Å². The molecule has 0 saturated carbocycles. The standard InChI is InChI=1S/C17H14F3N3O/c18-17(19,20)13-3-1-2-12(7-13)15-8-14(24)10-23(15)16-6-11(9-21)4-5-22-16/h1-7,14-15,24H,8,10H2/t14-,15-/m0/s1. The number of nitriles is 1. The molecule has 1 saturated heterocycles. The number of hydrogen-bond acceptors (Lipinski definition) is 4. The minimum atomic E-state index is -4.42. The van der Waals surface area contributed by atoms with Crippen LogP contribution in [-0.4, -0.2) is 22.7 Å². The van der Waals surface area contributed by atoms with Gasteiger partial charge >= 0.3 is 6.18 Å². The van der Waals surface area contributed by atoms with Gasteiger partial charge in [-0.3, -0.25) is 0 Å². The number of pyridine rings is 1. The number of nitrogens with zero attached hydrogens (tertiary/aromatic N) is 3. The summed E-state index contributed by atoms with van der Waals surface area (Å²) >= 11 is 0. The van der Waals surface area contributed by atoms with Crippen LogP contribution in [-0.2, 0) is 6.18 Å². The average molecular weight is 333 g/mol. The molecule has 0 spiro atoms. The summed E-state index contributed by atoms with van der Waals surface area (Å²) in [6.07, 6.45) is -3.31. The van der Waals surface area contributed by atoms with Gasteiger partial charge < -0.3 is 10.0 Å². The molecule has 1 aromatic heterocycles. The van der Waals surface area contributed by atoms with Gasteiger partial charge in [-0.15, -0.1) is 0 Å². The van der Waals surface area contributed by atoms with Crippen LogP contribution in [0.1, 0.15) is 29.2 Å². The summed E-state index contributed by atoms with van der Waals surface area (Å²) in [7, 11) is 0. The molecule has 2 aromatic rings. The van der Waals surface area contributed by atoms with Gasteiger partial charge in [-0.2, -0.15) is 18.4 Å². The number of halogens is 3. The van der Waals surface area contributed by atoms with E-state index in [0.717, 1.165) is 12.1 Å². The predicted molar refractivity (Wildman–Crippen MR) is 81.1 cm³/mol. The van der Waals surface area contributed by atoms with Crippen LogP contribution in [0.5, 0.6) is 0 Å². The number of benzene rings is 1. The van der Waals surface area contributed by atoms with Gasteiger partial charge in [0.15, 0.2) is 0 Å². The van der Waals surface area contributed by atoms with E-state index in [1.54, 1.807) is 23.1 Å². The highest BCUT2D eigenvalue weighted by molar-refractivity contribution is 5.49. The third-order valence-electron chi connectivity index (χ3n) is 4.05. The van der Waals surface area contributed by atoms with Crippen molar-refractivity contribution in [3.8, 4) is 6.07 Å². The van der Waals surface area contributed by atoms with E-state index < -0.39 is 23.9 Å². The minimum absolute atomic E-state index is 0.253. The van der Waals surface area contributed by atoms with Crippen molar-refractivity contribution in [3.05, 3.63) is 59.3 Å². The Bertz CT molecular complexity index is 785. The third-order valence-corrected chi connectivity index (χ3v) is 4.05. The summed E-state index contributed by atoms with van der Waals surface area (Å²) in [6, 6.07) is 9.79. The fourth-order valence-corrected chi connectivity index (χ4v) is 2.95. The van der Waals surface area contributed by atoms with Crippen LogP contribution in [0.2, 0.25) is 0 Å². The van der Waals surface area contributed by atoms with Crippen LogP contribution >= 0.6 is 0 Å². The maximum atomic E-state index is 12.9. The van der Waals surface area contributed by atoms with Crippen molar-refractivity contribution in [1.82, 2.24) is 4.98 Å². The molecule has 7 heteroatoms. The molecular formula is C17H14F3N3O. The van der Waals surface area contributed by atoms with Gasteiger partial charge in [0.05, 0.1) is 29.3 Å². The second kappa shape index (κ2) is 6.13. The smallest absolute Gasteiger partial charge is 0.391 e. The zero-order chi connectivity index (χ0) is 17.3. The molecule has 1 aromatic carbocycles. The fraction of sp³-hybridized carbons (Fsp3) is 0.294. The van der Waals surface area contributed by atoms with Crippen molar-refractivity contribution in [1.29, 1.82) is 5.26 Å². The van der Waals surface area contributed by atoms with Gasteiger partial charge in [0, 0.05) is 12.7 Å². The molecule has 2 heterocycles. The van der Waals surface area contributed by atoms with E-state index in [1.807, 2.05) is 6.07 Å². The number of aliphatic hydroxyl groups excluding tert-OH is 1. The molecule has 2 atom stereocenters. The number of β-amino-alcohol motifs (C(OH)–C–C–N with tert-alkyl or cyclic N) is 1. The van der Waals surface area contributed by atoms with Gasteiger partial charge in [0.25, 0.3) is 0 Å². The van der Waals surface area contributed by atoms with Crippen molar-refractivity contribution < 1.29 is 18.3 Å². The first-order chi connectivity index (χ1) is 11.4. The van der Waals surface area contributed by atoms with Gasteiger partial charge in [0.1, 0.15) is 5.82 Å². The zero-order valence-electron chi connectivity index (χ0n) is 12.5. The van der Waals surface area contributed by atoms with E-state index in [4.69, 9.17) is 5.26 Å². The zero-order valence-corrected chi connectivity index (χ0v) is 12.5. The first-order valence-electron chi connectivity index (χ1n) is 7.36. The predicted octanol–water partition coefficient (Wildman–Crippen LogP) is 3.28. The molecular weight excluding hydrogens is 319 g/mol. The van der Waals surface area contributed by atoms with E-state index in [9.17, 15) is 18.3 Å². The van der Waals surface area contributed by atoms with Crippen molar-refractivity contribution in [2.75, 3.05) is 11.4 Å². The molecule has 1 aliphatic heterocycles. The van der Waals surface area contributed by atoms with Crippen LogP contribution in [0.4, 0.5) is 19.0 Å². The van der Waals surface area contributed by atoms with Crippen molar-refractivity contribution >= 4 is 5.82 Å². The molecule has 124 valence electrons. The molecule has 1 N–H and O–H groups in total. The highest BCUT2D eigenvalue weighted by atomic mass is 19.4. The lowest BCUT2D eigenvalue weighted by Crippen LogP contribution is -2.25. The van der Waals surface area contributed by atoms with Gasteiger partial charge in [-0.05, 0) is 36.2 Å². The third kappa shape index (κ3) is 3.19. The van der Waals surface area contributed by atoms with E-state index in [1.165, 1.54) is 12.3 Å². The quantitative estimate of drug-likeness (QED) is 0.916. The molecule has 1 aliphatic rings. The number of alkyl halides is 3. The molecule has 0 amide bonds. The van der Waals surface area contributed by atoms with Crippen LogP contribution < -0.4 is 4.90 Å². The number of aliphatic hydroxyl groups is 1. The first kappa shape index (κ1) is 16.3. The fourth-order valence-electron chi connectivity index (χ4n) is 2.95. The van der Waals surface area contributed by atoms with Crippen LogP contribution in [0.15, 0.2) is 42.6 Å². The Morgan fingerprint density at radius 2 is 2.04 bits per heavy atom. The number of hydrogen-bond donors (Lipinski definition) is 1. The highest BCUT2D eigenvalue weighted by Crippen LogP contribution is 2.38. The molecule has 0 unspecified atom stereocenters. The summed E-state index contributed by atoms with van der Waals surface area (Å²) in [5, 5.41) is 19.0. The Morgan fingerprint density at radius 1 is 1.25 bits per heavy atom. The molecule has 0 bridgehead atoms. The van der Waals surface area contributed by atoms with E-state index >= 15 is 0 Å². The summed E-state index contributed by atoms with van der Waals surface area (Å²) in [6.45, 7) is 0.253. The minimum Gasteiger partial charge on any atom is -0.391 e. The summed E-state index contributed by atoms with van der Waals surface area (Å²) in [5.41, 5.74) is 0.148. The Balaban J connectivity index is 1.98. The Morgan fingerprint density at radius 3 is 2.75 bits per heavy atom. The summed E-state index contributed by atoms with van der Waals surface area (Å²) in [5.74, 6) is 0.466. The molecule has 1 fully saturated rings. The largest absolute Gasteiger partial charge is 0.416 e. The molecule has 4 nitrogen and oxygen atoms in total. The van der Waals surface area contributed by atoms with Gasteiger partial charge in [-0.25, -0.2) is 4.98 Å². The van der Waals surface area contributed by atoms with Gasteiger partial charge in [-0.1, -0.05) is 12.1 Å². The lowest BCUT2D eigenvalue weighted by atomic mass is 10.0. The lowest BCUT2D eigenvalue weighted by Gasteiger charge is -2.26.